The fourth-order valence-corrected chi connectivity index (χ4v) is 2.39. The van der Waals surface area contributed by atoms with Crippen molar-refractivity contribution in [3.8, 4) is 5.75 Å². The van der Waals surface area contributed by atoms with Gasteiger partial charge < -0.3 is 4.74 Å². The van der Waals surface area contributed by atoms with Gasteiger partial charge in [0, 0.05) is 11.3 Å². The Bertz CT molecular complexity index is 939. The summed E-state index contributed by atoms with van der Waals surface area (Å²) >= 11 is 0. The van der Waals surface area contributed by atoms with E-state index >= 15 is 0 Å². The van der Waals surface area contributed by atoms with Crippen molar-refractivity contribution in [3.63, 3.8) is 0 Å². The minimum Gasteiger partial charge on any atom is -0.489 e. The van der Waals surface area contributed by atoms with E-state index in [4.69, 9.17) is 4.74 Å². The van der Waals surface area contributed by atoms with Crippen LogP contribution in [0.4, 0.5) is 5.69 Å². The van der Waals surface area contributed by atoms with Crippen molar-refractivity contribution < 1.29 is 4.74 Å². The molecule has 22 heavy (non-hydrogen) atoms. The minimum atomic E-state index is 0.457. The number of rotatable bonds is 0. The first-order valence-electron chi connectivity index (χ1n) is 7.10. The Labute approximate surface area is 127 Å². The van der Waals surface area contributed by atoms with Gasteiger partial charge in [-0.2, -0.15) is 0 Å². The van der Waals surface area contributed by atoms with Crippen molar-refractivity contribution in [2.45, 2.75) is 0 Å². The molecule has 4 nitrogen and oxygen atoms in total. The fourth-order valence-electron chi connectivity index (χ4n) is 2.39. The molecular formula is C18H13N3O. The van der Waals surface area contributed by atoms with Crippen LogP contribution in [0.2, 0.25) is 0 Å². The third-order valence-electron chi connectivity index (χ3n) is 3.40. The average Bonchev–Trinajstić information content (AvgIpc) is 2.99. The fraction of sp³-hybridized carbons (Fsp3) is 0.0556. The van der Waals surface area contributed by atoms with E-state index in [0.29, 0.717) is 12.2 Å². The Morgan fingerprint density at radius 1 is 0.955 bits per heavy atom. The quantitative estimate of drug-likeness (QED) is 0.746. The lowest BCUT2D eigenvalue weighted by molar-refractivity contribution is 0.363. The lowest BCUT2D eigenvalue weighted by Crippen LogP contribution is -2.24. The summed E-state index contributed by atoms with van der Waals surface area (Å²) in [6.07, 6.45) is 13.8. The highest BCUT2D eigenvalue weighted by Gasteiger charge is 2.05. The standard InChI is InChI=1S/C18H13N3O/c1-2-9-16-15-8-5-10-17(15)21-18(20-16)19-13-6-4-7-14(12-13)22-11-3-1/h1-10,12H,11H2. The topological polar surface area (TPSA) is 47.4 Å². The number of aromatic nitrogens is 2. The van der Waals surface area contributed by atoms with E-state index in [-0.39, 0.29) is 0 Å². The van der Waals surface area contributed by atoms with E-state index < -0.39 is 0 Å². The second-order valence-electron chi connectivity index (χ2n) is 4.94. The zero-order valence-electron chi connectivity index (χ0n) is 11.8. The molecule has 0 unspecified atom stereocenters. The highest BCUT2D eigenvalue weighted by atomic mass is 16.5. The van der Waals surface area contributed by atoms with E-state index in [9.17, 15) is 0 Å². The maximum absolute atomic E-state index is 5.66. The van der Waals surface area contributed by atoms with Gasteiger partial charge in [0.15, 0.2) is 0 Å². The highest BCUT2D eigenvalue weighted by molar-refractivity contribution is 5.67. The molecule has 0 N–H and O–H groups in total. The van der Waals surface area contributed by atoms with E-state index in [1.165, 1.54) is 0 Å². The molecule has 1 aliphatic heterocycles. The second-order valence-corrected chi connectivity index (χ2v) is 4.94. The van der Waals surface area contributed by atoms with Gasteiger partial charge in [0.25, 0.3) is 5.62 Å². The zero-order valence-corrected chi connectivity index (χ0v) is 11.8. The zero-order chi connectivity index (χ0) is 14.8. The van der Waals surface area contributed by atoms with Crippen LogP contribution in [0.15, 0.2) is 53.6 Å². The summed E-state index contributed by atoms with van der Waals surface area (Å²) in [7, 11) is 0. The summed E-state index contributed by atoms with van der Waals surface area (Å²) < 4.78 is 5.66. The molecule has 2 aromatic rings. The van der Waals surface area contributed by atoms with Crippen LogP contribution in [0, 0.1) is 0 Å². The van der Waals surface area contributed by atoms with Gasteiger partial charge in [-0.3, -0.25) is 0 Å². The predicted molar refractivity (Wildman–Crippen MR) is 86.1 cm³/mol. The first-order valence-corrected chi connectivity index (χ1v) is 7.10. The first kappa shape index (κ1) is 12.7. The Hall–Kier alpha value is -3.01. The van der Waals surface area contributed by atoms with Gasteiger partial charge in [-0.15, -0.1) is 0 Å². The van der Waals surface area contributed by atoms with Crippen LogP contribution in [0.3, 0.4) is 0 Å². The molecule has 1 aliphatic carbocycles. The van der Waals surface area contributed by atoms with Crippen molar-refractivity contribution in [2.75, 3.05) is 6.61 Å². The lowest BCUT2D eigenvalue weighted by atomic mass is 10.2. The smallest absolute Gasteiger partial charge is 0.251 e. The van der Waals surface area contributed by atoms with Crippen LogP contribution in [0.25, 0.3) is 18.2 Å². The summed E-state index contributed by atoms with van der Waals surface area (Å²) in [6, 6.07) is 7.63. The molecule has 1 aromatic carbocycles. The molecule has 0 radical (unpaired) electrons. The minimum absolute atomic E-state index is 0.457. The Balaban J connectivity index is 1.96. The molecule has 0 fully saturated rings. The van der Waals surface area contributed by atoms with Crippen LogP contribution in [-0.4, -0.2) is 16.6 Å². The van der Waals surface area contributed by atoms with E-state index in [1.54, 1.807) is 0 Å². The van der Waals surface area contributed by atoms with Gasteiger partial charge >= 0.3 is 0 Å². The van der Waals surface area contributed by atoms with E-state index in [2.05, 4.69) is 15.0 Å². The number of hydrogen-bond donors (Lipinski definition) is 0. The average molecular weight is 287 g/mol. The maximum Gasteiger partial charge on any atom is 0.251 e. The van der Waals surface area contributed by atoms with Crippen molar-refractivity contribution in [1.82, 2.24) is 9.97 Å². The van der Waals surface area contributed by atoms with Crippen LogP contribution in [0.5, 0.6) is 5.75 Å². The maximum atomic E-state index is 5.66. The third-order valence-corrected chi connectivity index (χ3v) is 3.40. The SMILES string of the molecule is C1=CCOc2cccc(c2)N=c2nc(c3c(n2)C=CC=3)C=C1. The third kappa shape index (κ3) is 2.46. The molecular weight excluding hydrogens is 274 g/mol. The van der Waals surface area contributed by atoms with Gasteiger partial charge in [-0.05, 0) is 30.4 Å². The molecule has 1 aromatic heterocycles. The number of hydrogen-bond acceptors (Lipinski definition) is 4. The number of ether oxygens (including phenoxy) is 1. The van der Waals surface area contributed by atoms with Gasteiger partial charge in [0.1, 0.15) is 12.4 Å². The molecule has 4 heteroatoms. The van der Waals surface area contributed by atoms with Crippen LogP contribution >= 0.6 is 0 Å². The largest absolute Gasteiger partial charge is 0.489 e. The van der Waals surface area contributed by atoms with Gasteiger partial charge in [-0.25, -0.2) is 15.0 Å². The molecule has 0 atom stereocenters. The molecule has 0 spiro atoms. The van der Waals surface area contributed by atoms with Crippen LogP contribution < -0.4 is 15.6 Å². The van der Waals surface area contributed by atoms with E-state index in [1.807, 2.05) is 66.8 Å². The summed E-state index contributed by atoms with van der Waals surface area (Å²) in [4.78, 5) is 13.6. The molecule has 0 saturated heterocycles. The molecule has 106 valence electrons. The molecule has 2 heterocycles. The number of fused-ring (bicyclic) bond motifs is 6. The Morgan fingerprint density at radius 2 is 1.82 bits per heavy atom. The second kappa shape index (κ2) is 5.41. The summed E-state index contributed by atoms with van der Waals surface area (Å²) in [6.45, 7) is 0.517. The number of benzene rings is 1. The number of allylic oxidation sites excluding steroid dienone is 3. The first-order chi connectivity index (χ1) is 10.9. The number of nitrogens with zero attached hydrogens (tertiary/aromatic N) is 3. The van der Waals surface area contributed by atoms with Gasteiger partial charge in [0.05, 0.1) is 17.1 Å². The predicted octanol–water partition coefficient (Wildman–Crippen LogP) is 2.20. The lowest BCUT2D eigenvalue weighted by Gasteiger charge is -2.03. The van der Waals surface area contributed by atoms with Crippen LogP contribution in [-0.2, 0) is 0 Å². The van der Waals surface area contributed by atoms with Crippen molar-refractivity contribution in [1.29, 1.82) is 0 Å². The normalized spacial score (nSPS) is 14.7. The van der Waals surface area contributed by atoms with Gasteiger partial charge in [-0.1, -0.05) is 30.4 Å². The molecule has 4 bridgehead atoms. The monoisotopic (exact) mass is 287 g/mol. The molecule has 2 aliphatic rings. The van der Waals surface area contributed by atoms with Crippen LogP contribution in [0.1, 0.15) is 11.4 Å². The summed E-state index contributed by atoms with van der Waals surface area (Å²) in [5.74, 6) is 0.781. The van der Waals surface area contributed by atoms with Crippen molar-refractivity contribution in [2.24, 2.45) is 4.99 Å². The van der Waals surface area contributed by atoms with Crippen molar-refractivity contribution in [3.05, 3.63) is 70.8 Å². The molecule has 0 amide bonds. The highest BCUT2D eigenvalue weighted by Crippen LogP contribution is 2.19. The Kier molecular flexibility index (Phi) is 3.12. The summed E-state index contributed by atoms with van der Waals surface area (Å²) in [5.41, 5.74) is 3.01. The molecule has 4 rings (SSSR count). The van der Waals surface area contributed by atoms with Crippen molar-refractivity contribution >= 4 is 23.9 Å². The summed E-state index contributed by atoms with van der Waals surface area (Å²) in [5, 5.41) is 1.03. The van der Waals surface area contributed by atoms with Gasteiger partial charge in [0.2, 0.25) is 0 Å². The molecule has 0 saturated carbocycles. The van der Waals surface area contributed by atoms with E-state index in [0.717, 1.165) is 28.0 Å². The Morgan fingerprint density at radius 3 is 2.73 bits per heavy atom.